The third-order valence-corrected chi connectivity index (χ3v) is 2.87. The van der Waals surface area contributed by atoms with Gasteiger partial charge >= 0.3 is 0 Å². The fraction of sp³-hybridized carbons (Fsp3) is 1.00. The summed E-state index contributed by atoms with van der Waals surface area (Å²) in [6.07, 6.45) is 2.64. The number of hydrogen-bond acceptors (Lipinski definition) is 2. The highest BCUT2D eigenvalue weighted by atomic mass is 16.5. The molecule has 1 heterocycles. The molecule has 2 rings (SSSR count). The molecule has 2 nitrogen and oxygen atoms in total. The molecule has 1 saturated heterocycles. The molecule has 3 atom stereocenters. The monoisotopic (exact) mass is 155 g/mol. The second-order valence-corrected chi connectivity index (χ2v) is 3.94. The Morgan fingerprint density at radius 2 is 2.36 bits per heavy atom. The molecular weight excluding hydrogens is 138 g/mol. The van der Waals surface area contributed by atoms with Gasteiger partial charge in [-0.2, -0.15) is 0 Å². The van der Waals surface area contributed by atoms with E-state index in [9.17, 15) is 0 Å². The maximum absolute atomic E-state index is 5.27. The Morgan fingerprint density at radius 1 is 1.55 bits per heavy atom. The summed E-state index contributed by atoms with van der Waals surface area (Å²) in [5.41, 5.74) is 0. The molecule has 0 aromatic carbocycles. The van der Waals surface area contributed by atoms with Crippen LogP contribution in [0.1, 0.15) is 19.8 Å². The van der Waals surface area contributed by atoms with Crippen molar-refractivity contribution in [2.75, 3.05) is 19.8 Å². The van der Waals surface area contributed by atoms with E-state index in [0.717, 1.165) is 25.0 Å². The van der Waals surface area contributed by atoms with E-state index in [-0.39, 0.29) is 0 Å². The van der Waals surface area contributed by atoms with E-state index in [4.69, 9.17) is 4.74 Å². The van der Waals surface area contributed by atoms with Crippen LogP contribution in [0.4, 0.5) is 0 Å². The van der Waals surface area contributed by atoms with Crippen molar-refractivity contribution >= 4 is 0 Å². The van der Waals surface area contributed by atoms with Gasteiger partial charge in [0.05, 0.1) is 6.61 Å². The summed E-state index contributed by atoms with van der Waals surface area (Å²) in [7, 11) is 0. The molecule has 0 bridgehead atoms. The van der Waals surface area contributed by atoms with E-state index in [0.29, 0.717) is 6.04 Å². The van der Waals surface area contributed by atoms with Crippen molar-refractivity contribution in [2.45, 2.75) is 25.8 Å². The molecule has 0 spiro atoms. The second kappa shape index (κ2) is 3.11. The van der Waals surface area contributed by atoms with Gasteiger partial charge in [-0.15, -0.1) is 0 Å². The Labute approximate surface area is 68.3 Å². The number of nitrogens with one attached hydrogen (secondary N) is 1. The van der Waals surface area contributed by atoms with E-state index in [2.05, 4.69) is 12.2 Å². The van der Waals surface area contributed by atoms with E-state index >= 15 is 0 Å². The molecule has 2 aliphatic rings. The summed E-state index contributed by atoms with van der Waals surface area (Å²) in [5, 5.41) is 3.55. The normalized spacial score (nSPS) is 42.8. The molecule has 0 aromatic heterocycles. The van der Waals surface area contributed by atoms with Gasteiger partial charge in [0.1, 0.15) is 0 Å². The minimum Gasteiger partial charge on any atom is -0.380 e. The average Bonchev–Trinajstić information content (AvgIpc) is 2.55. The van der Waals surface area contributed by atoms with Crippen molar-refractivity contribution in [1.29, 1.82) is 0 Å². The lowest BCUT2D eigenvalue weighted by atomic mass is 10.2. The van der Waals surface area contributed by atoms with Crippen LogP contribution >= 0.6 is 0 Å². The second-order valence-electron chi connectivity index (χ2n) is 3.94. The van der Waals surface area contributed by atoms with Gasteiger partial charge < -0.3 is 10.1 Å². The summed E-state index contributed by atoms with van der Waals surface area (Å²) in [6.45, 7) is 5.44. The summed E-state index contributed by atoms with van der Waals surface area (Å²) in [6, 6.07) is 0.655. The molecule has 1 aliphatic heterocycles. The maximum atomic E-state index is 5.27. The van der Waals surface area contributed by atoms with E-state index in [1.54, 1.807) is 0 Å². The summed E-state index contributed by atoms with van der Waals surface area (Å²) < 4.78 is 5.27. The number of rotatable bonds is 3. The van der Waals surface area contributed by atoms with Crippen molar-refractivity contribution < 1.29 is 4.74 Å². The third kappa shape index (κ3) is 1.94. The standard InChI is InChI=1S/C9H17NO/c1-7-4-8(7)5-10-9-2-3-11-6-9/h7-10H,2-6H2,1H3. The van der Waals surface area contributed by atoms with Crippen molar-refractivity contribution in [1.82, 2.24) is 5.32 Å². The molecule has 1 N–H and O–H groups in total. The van der Waals surface area contributed by atoms with Gasteiger partial charge in [0.15, 0.2) is 0 Å². The molecule has 2 heteroatoms. The van der Waals surface area contributed by atoms with Gasteiger partial charge in [0, 0.05) is 12.6 Å². The molecule has 2 fully saturated rings. The van der Waals surface area contributed by atoms with E-state index in [1.807, 2.05) is 0 Å². The first kappa shape index (κ1) is 7.56. The predicted molar refractivity (Wildman–Crippen MR) is 44.5 cm³/mol. The molecule has 0 radical (unpaired) electrons. The predicted octanol–water partition coefficient (Wildman–Crippen LogP) is 1.02. The Balaban J connectivity index is 1.59. The fourth-order valence-electron chi connectivity index (χ4n) is 1.70. The lowest BCUT2D eigenvalue weighted by Gasteiger charge is -2.08. The van der Waals surface area contributed by atoms with Crippen LogP contribution in [0.5, 0.6) is 0 Å². The molecule has 3 unspecified atom stereocenters. The first-order chi connectivity index (χ1) is 5.36. The zero-order valence-corrected chi connectivity index (χ0v) is 7.18. The minimum atomic E-state index is 0.655. The van der Waals surface area contributed by atoms with Crippen LogP contribution in [-0.4, -0.2) is 25.8 Å². The Morgan fingerprint density at radius 3 is 2.91 bits per heavy atom. The molecule has 11 heavy (non-hydrogen) atoms. The molecule has 0 amide bonds. The first-order valence-electron chi connectivity index (χ1n) is 4.67. The first-order valence-corrected chi connectivity index (χ1v) is 4.67. The largest absolute Gasteiger partial charge is 0.380 e. The van der Waals surface area contributed by atoms with Crippen molar-refractivity contribution in [3.05, 3.63) is 0 Å². The summed E-state index contributed by atoms with van der Waals surface area (Å²) >= 11 is 0. The Kier molecular flexibility index (Phi) is 2.14. The Hall–Kier alpha value is -0.0800. The van der Waals surface area contributed by atoms with Crippen LogP contribution < -0.4 is 5.32 Å². The highest BCUT2D eigenvalue weighted by molar-refractivity contribution is 4.85. The lowest BCUT2D eigenvalue weighted by molar-refractivity contribution is 0.189. The minimum absolute atomic E-state index is 0.655. The van der Waals surface area contributed by atoms with Crippen LogP contribution in [0.2, 0.25) is 0 Å². The topological polar surface area (TPSA) is 21.3 Å². The van der Waals surface area contributed by atoms with Crippen molar-refractivity contribution in [3.63, 3.8) is 0 Å². The van der Waals surface area contributed by atoms with Crippen LogP contribution in [0, 0.1) is 11.8 Å². The highest BCUT2D eigenvalue weighted by Gasteiger charge is 2.32. The van der Waals surface area contributed by atoms with E-state index < -0.39 is 0 Å². The van der Waals surface area contributed by atoms with Crippen LogP contribution in [-0.2, 0) is 4.74 Å². The van der Waals surface area contributed by atoms with Gasteiger partial charge in [-0.25, -0.2) is 0 Å². The zero-order valence-electron chi connectivity index (χ0n) is 7.18. The molecule has 1 saturated carbocycles. The average molecular weight is 155 g/mol. The third-order valence-electron chi connectivity index (χ3n) is 2.87. The molecular formula is C9H17NO. The van der Waals surface area contributed by atoms with Crippen molar-refractivity contribution in [2.24, 2.45) is 11.8 Å². The van der Waals surface area contributed by atoms with Crippen LogP contribution in [0.3, 0.4) is 0 Å². The number of ether oxygens (including phenoxy) is 1. The van der Waals surface area contributed by atoms with Gasteiger partial charge in [-0.1, -0.05) is 6.92 Å². The van der Waals surface area contributed by atoms with Crippen molar-refractivity contribution in [3.8, 4) is 0 Å². The maximum Gasteiger partial charge on any atom is 0.0620 e. The highest BCUT2D eigenvalue weighted by Crippen LogP contribution is 2.36. The molecule has 0 aromatic rings. The fourth-order valence-corrected chi connectivity index (χ4v) is 1.70. The lowest BCUT2D eigenvalue weighted by Crippen LogP contribution is -2.31. The summed E-state index contributed by atoms with van der Waals surface area (Å²) in [5.74, 6) is 1.94. The SMILES string of the molecule is CC1CC1CNC1CCOC1. The smallest absolute Gasteiger partial charge is 0.0620 e. The van der Waals surface area contributed by atoms with Crippen LogP contribution in [0.25, 0.3) is 0 Å². The van der Waals surface area contributed by atoms with Gasteiger partial charge in [0.25, 0.3) is 0 Å². The quantitative estimate of drug-likeness (QED) is 0.657. The summed E-state index contributed by atoms with van der Waals surface area (Å²) in [4.78, 5) is 0. The van der Waals surface area contributed by atoms with Gasteiger partial charge in [-0.05, 0) is 31.2 Å². The molecule has 64 valence electrons. The van der Waals surface area contributed by atoms with Crippen LogP contribution in [0.15, 0.2) is 0 Å². The van der Waals surface area contributed by atoms with Gasteiger partial charge in [0.2, 0.25) is 0 Å². The van der Waals surface area contributed by atoms with E-state index in [1.165, 1.54) is 19.4 Å². The zero-order chi connectivity index (χ0) is 7.68. The molecule has 1 aliphatic carbocycles. The number of hydrogen-bond donors (Lipinski definition) is 1. The van der Waals surface area contributed by atoms with Gasteiger partial charge in [-0.3, -0.25) is 0 Å². The Bertz CT molecular complexity index is 132.